The van der Waals surface area contributed by atoms with Crippen molar-refractivity contribution in [2.75, 3.05) is 20.7 Å². The molecule has 0 amide bonds. The van der Waals surface area contributed by atoms with Crippen molar-refractivity contribution >= 4 is 29.0 Å². The molecule has 0 fully saturated rings. The van der Waals surface area contributed by atoms with Gasteiger partial charge in [-0.3, -0.25) is 4.90 Å². The fraction of sp³-hybridized carbons (Fsp3) is 0.500. The van der Waals surface area contributed by atoms with Crippen LogP contribution in [0.15, 0.2) is 18.2 Å². The van der Waals surface area contributed by atoms with Gasteiger partial charge in [0.2, 0.25) is 0 Å². The largest absolute Gasteiger partial charge is 0.469 e. The molecule has 1 unspecified atom stereocenters. The van der Waals surface area contributed by atoms with Crippen LogP contribution >= 0.6 is 23.8 Å². The van der Waals surface area contributed by atoms with Crippen LogP contribution in [0.5, 0.6) is 0 Å². The lowest BCUT2D eigenvalue weighted by Crippen LogP contribution is -2.52. The van der Waals surface area contributed by atoms with E-state index < -0.39 is 0 Å². The number of nitrogens with zero attached hydrogens (tertiary/aromatic N) is 1. The lowest BCUT2D eigenvalue weighted by molar-refractivity contribution is 0.0542. The first-order valence-electron chi connectivity index (χ1n) is 6.28. The zero-order valence-electron chi connectivity index (χ0n) is 11.5. The van der Waals surface area contributed by atoms with Gasteiger partial charge in [0.1, 0.15) is 6.61 Å². The topological polar surface area (TPSA) is 24.5 Å². The molecule has 0 saturated carbocycles. The minimum Gasteiger partial charge on any atom is -0.469 e. The van der Waals surface area contributed by atoms with Crippen LogP contribution in [0, 0.1) is 0 Å². The van der Waals surface area contributed by atoms with Gasteiger partial charge in [-0.15, -0.1) is 0 Å². The summed E-state index contributed by atoms with van der Waals surface area (Å²) in [4.78, 5) is 2.31. The molecule has 1 N–H and O–H groups in total. The summed E-state index contributed by atoms with van der Waals surface area (Å²) in [6, 6.07) is 6.11. The van der Waals surface area contributed by atoms with Crippen LogP contribution in [-0.4, -0.2) is 36.3 Å². The number of nitrogens with one attached hydrogen (secondary N) is 1. The maximum atomic E-state index is 6.08. The highest BCUT2D eigenvalue weighted by molar-refractivity contribution is 7.80. The van der Waals surface area contributed by atoms with Crippen LogP contribution in [0.25, 0.3) is 0 Å². The predicted octanol–water partition coefficient (Wildman–Crippen LogP) is 2.61. The molecule has 19 heavy (non-hydrogen) atoms. The average Bonchev–Trinajstić information content (AvgIpc) is 2.38. The molecule has 3 nitrogen and oxygen atoms in total. The monoisotopic (exact) mass is 298 g/mol. The zero-order chi connectivity index (χ0) is 14.0. The number of benzene rings is 1. The Hall–Kier alpha value is -0.840. The molecule has 5 heteroatoms. The second-order valence-electron chi connectivity index (χ2n) is 5.27. The van der Waals surface area contributed by atoms with Gasteiger partial charge >= 0.3 is 0 Å². The molecule has 0 spiro atoms. The molecule has 1 aromatic carbocycles. The molecule has 0 radical (unpaired) electrons. The van der Waals surface area contributed by atoms with Crippen LogP contribution in [0.4, 0.5) is 0 Å². The van der Waals surface area contributed by atoms with Crippen molar-refractivity contribution in [3.8, 4) is 0 Å². The van der Waals surface area contributed by atoms with Crippen molar-refractivity contribution in [1.29, 1.82) is 0 Å². The second kappa shape index (κ2) is 5.65. The molecule has 2 rings (SSSR count). The predicted molar refractivity (Wildman–Crippen MR) is 82.6 cm³/mol. The van der Waals surface area contributed by atoms with E-state index in [-0.39, 0.29) is 5.54 Å². The number of hydrogen-bond donors (Lipinski definition) is 1. The van der Waals surface area contributed by atoms with E-state index in [1.165, 1.54) is 11.1 Å². The van der Waals surface area contributed by atoms with E-state index in [9.17, 15) is 0 Å². The Bertz CT molecular complexity index is 494. The number of thiocarbonyl (C=S) groups is 1. The van der Waals surface area contributed by atoms with Gasteiger partial charge in [-0.2, -0.15) is 0 Å². The lowest BCUT2D eigenvalue weighted by atomic mass is 9.85. The molecule has 0 aromatic heterocycles. The van der Waals surface area contributed by atoms with Gasteiger partial charge in [-0.25, -0.2) is 0 Å². The third-order valence-corrected chi connectivity index (χ3v) is 4.34. The first-order valence-corrected chi connectivity index (χ1v) is 7.06. The summed E-state index contributed by atoms with van der Waals surface area (Å²) in [6.45, 7) is 3.66. The molecule has 1 aliphatic rings. The van der Waals surface area contributed by atoms with E-state index in [2.05, 4.69) is 36.3 Å². The van der Waals surface area contributed by atoms with Crippen molar-refractivity contribution in [3.05, 3.63) is 34.3 Å². The van der Waals surface area contributed by atoms with E-state index in [0.29, 0.717) is 11.8 Å². The number of halogens is 1. The van der Waals surface area contributed by atoms with E-state index >= 15 is 0 Å². The Balaban J connectivity index is 2.16. The Morgan fingerprint density at radius 2 is 2.26 bits per heavy atom. The van der Waals surface area contributed by atoms with E-state index in [1.807, 2.05) is 6.07 Å². The van der Waals surface area contributed by atoms with E-state index in [4.69, 9.17) is 28.6 Å². The highest BCUT2D eigenvalue weighted by atomic mass is 35.5. The summed E-state index contributed by atoms with van der Waals surface area (Å²) in [5.74, 6) is 0. The lowest BCUT2D eigenvalue weighted by Gasteiger charge is -2.43. The van der Waals surface area contributed by atoms with Crippen LogP contribution < -0.4 is 5.32 Å². The molecule has 0 saturated heterocycles. The number of rotatable bonds is 2. The average molecular weight is 299 g/mol. The van der Waals surface area contributed by atoms with Crippen LogP contribution in [0.2, 0.25) is 5.02 Å². The summed E-state index contributed by atoms with van der Waals surface area (Å²) in [5.41, 5.74) is 2.56. The second-order valence-corrected chi connectivity index (χ2v) is 6.08. The van der Waals surface area contributed by atoms with Crippen LogP contribution in [0.1, 0.15) is 18.1 Å². The fourth-order valence-electron chi connectivity index (χ4n) is 2.36. The summed E-state index contributed by atoms with van der Waals surface area (Å²) in [7, 11) is 3.88. The molecular weight excluding hydrogens is 280 g/mol. The van der Waals surface area contributed by atoms with Crippen molar-refractivity contribution in [2.45, 2.75) is 25.4 Å². The quantitative estimate of drug-likeness (QED) is 0.848. The van der Waals surface area contributed by atoms with Crippen LogP contribution in [-0.2, 0) is 17.7 Å². The first kappa shape index (κ1) is 14.6. The number of hydrogen-bond acceptors (Lipinski definition) is 3. The normalized spacial score (nSPS) is 22.7. The van der Waals surface area contributed by atoms with Crippen molar-refractivity contribution < 1.29 is 4.74 Å². The molecule has 1 heterocycles. The van der Waals surface area contributed by atoms with E-state index in [1.54, 1.807) is 7.05 Å². The smallest absolute Gasteiger partial charge is 0.256 e. The Kier molecular flexibility index (Phi) is 4.33. The van der Waals surface area contributed by atoms with Crippen molar-refractivity contribution in [2.24, 2.45) is 0 Å². The fourth-order valence-corrected chi connectivity index (χ4v) is 2.61. The summed E-state index contributed by atoms with van der Waals surface area (Å²) < 4.78 is 5.60. The Morgan fingerprint density at radius 1 is 1.53 bits per heavy atom. The Morgan fingerprint density at radius 3 is 2.95 bits per heavy atom. The number of ether oxygens (including phenoxy) is 1. The van der Waals surface area contributed by atoms with Crippen molar-refractivity contribution in [1.82, 2.24) is 10.2 Å². The summed E-state index contributed by atoms with van der Waals surface area (Å²) in [5, 5.41) is 4.06. The van der Waals surface area contributed by atoms with Crippen molar-refractivity contribution in [3.63, 3.8) is 0 Å². The third-order valence-electron chi connectivity index (χ3n) is 3.79. The summed E-state index contributed by atoms with van der Waals surface area (Å²) in [6.07, 6.45) is 0.908. The summed E-state index contributed by atoms with van der Waals surface area (Å²) >= 11 is 11.1. The van der Waals surface area contributed by atoms with Gasteiger partial charge in [0.05, 0.1) is 5.54 Å². The highest BCUT2D eigenvalue weighted by Gasteiger charge is 2.35. The standard InChI is InChI=1S/C14H19ClN2OS/c1-14(9-18-13(19)16-2)7-11-6-12(15)5-4-10(11)8-17(14)3/h4-6H,7-9H2,1-3H3,(H,16,19). The molecule has 104 valence electrons. The van der Waals surface area contributed by atoms with E-state index in [0.717, 1.165) is 18.0 Å². The Labute approximate surface area is 124 Å². The third kappa shape index (κ3) is 3.19. The SMILES string of the molecule is CNC(=S)OCC1(C)Cc2cc(Cl)ccc2CN1C. The van der Waals surface area contributed by atoms with Gasteiger partial charge in [-0.05, 0) is 55.9 Å². The molecule has 1 aliphatic heterocycles. The van der Waals surface area contributed by atoms with Gasteiger partial charge in [0.25, 0.3) is 5.17 Å². The zero-order valence-corrected chi connectivity index (χ0v) is 13.1. The van der Waals surface area contributed by atoms with Gasteiger partial charge in [0, 0.05) is 18.6 Å². The van der Waals surface area contributed by atoms with Gasteiger partial charge in [0.15, 0.2) is 0 Å². The number of likely N-dealkylation sites (N-methyl/N-ethyl adjacent to an activating group) is 1. The maximum absolute atomic E-state index is 6.08. The minimum absolute atomic E-state index is 0.0708. The molecule has 1 atom stereocenters. The molecule has 0 bridgehead atoms. The first-order chi connectivity index (χ1) is 8.94. The van der Waals surface area contributed by atoms with Gasteiger partial charge < -0.3 is 10.1 Å². The maximum Gasteiger partial charge on any atom is 0.256 e. The minimum atomic E-state index is -0.0708. The molecule has 0 aliphatic carbocycles. The number of fused-ring (bicyclic) bond motifs is 1. The highest BCUT2D eigenvalue weighted by Crippen LogP contribution is 2.31. The van der Waals surface area contributed by atoms with Crippen LogP contribution in [0.3, 0.4) is 0 Å². The molecular formula is C14H19ClN2OS. The molecule has 1 aromatic rings. The van der Waals surface area contributed by atoms with Gasteiger partial charge in [-0.1, -0.05) is 17.7 Å².